The number of benzene rings is 6. The van der Waals surface area contributed by atoms with E-state index in [1.165, 1.54) is 22.3 Å². The summed E-state index contributed by atoms with van der Waals surface area (Å²) in [6.45, 7) is 15.1. The number of phenolic OH excluding ortho intramolecular Hbond substituents is 1. The molecular formula is C48H42N3OPt-. The van der Waals surface area contributed by atoms with Gasteiger partial charge in [-0.2, -0.15) is 0 Å². The van der Waals surface area contributed by atoms with Crippen LogP contribution in [0.15, 0.2) is 115 Å². The summed E-state index contributed by atoms with van der Waals surface area (Å²) in [7, 11) is 0. The van der Waals surface area contributed by atoms with Crippen LogP contribution in [0, 0.1) is 40.7 Å². The second-order valence-electron chi connectivity index (χ2n) is 14.5. The zero-order valence-corrected chi connectivity index (χ0v) is 33.4. The van der Waals surface area contributed by atoms with Gasteiger partial charge in [-0.3, -0.25) is 9.55 Å². The Morgan fingerprint density at radius 3 is 1.92 bits per heavy atom. The van der Waals surface area contributed by atoms with Gasteiger partial charge in [0.1, 0.15) is 11.6 Å². The average Bonchev–Trinajstić information content (AvgIpc) is 3.49. The molecule has 0 radical (unpaired) electrons. The van der Waals surface area contributed by atoms with E-state index in [1.54, 1.807) is 0 Å². The van der Waals surface area contributed by atoms with Crippen LogP contribution in [0.2, 0.25) is 0 Å². The summed E-state index contributed by atoms with van der Waals surface area (Å²) in [4.78, 5) is 10.3. The van der Waals surface area contributed by atoms with Crippen LogP contribution in [-0.4, -0.2) is 19.6 Å². The standard InChI is InChI=1S/C48H42N3O.Pt/c1-28(2)35-19-20-41(43(52)27-35)48-50-46-40(17-10-18-42(46)51(48)47-32(6)22-29(3)23-33(47)7)37-24-36(39-16-9-14-34-15-11-21-49-45(34)39)25-38(26-37)44-30(4)12-8-13-31(44)5;/h8-23,25-28,52H,1-7H3;/q-1;. The van der Waals surface area contributed by atoms with Crippen molar-refractivity contribution in [3.05, 3.63) is 155 Å². The molecule has 8 rings (SSSR count). The molecule has 0 bridgehead atoms. The van der Waals surface area contributed by atoms with Crippen LogP contribution in [0.1, 0.15) is 53.1 Å². The first-order chi connectivity index (χ1) is 25.1. The maximum absolute atomic E-state index is 11.6. The Bertz CT molecular complexity index is 2640. The molecule has 2 aromatic heterocycles. The molecule has 1 N–H and O–H groups in total. The normalized spacial score (nSPS) is 11.4. The van der Waals surface area contributed by atoms with Crippen molar-refractivity contribution < 1.29 is 26.2 Å². The zero-order chi connectivity index (χ0) is 36.3. The molecule has 0 saturated carbocycles. The van der Waals surface area contributed by atoms with Crippen LogP contribution in [0.3, 0.4) is 0 Å². The minimum absolute atomic E-state index is 0. The smallest absolute Gasteiger partial charge is 0.148 e. The molecule has 4 nitrogen and oxygen atoms in total. The number of para-hydroxylation sites is 2. The second-order valence-corrected chi connectivity index (χ2v) is 14.5. The van der Waals surface area contributed by atoms with Gasteiger partial charge in [0.25, 0.3) is 0 Å². The summed E-state index contributed by atoms with van der Waals surface area (Å²) >= 11 is 0. The van der Waals surface area contributed by atoms with Gasteiger partial charge < -0.3 is 5.11 Å². The first kappa shape index (κ1) is 36.1. The van der Waals surface area contributed by atoms with Gasteiger partial charge in [0.05, 0.1) is 22.3 Å². The first-order valence-corrected chi connectivity index (χ1v) is 18.0. The van der Waals surface area contributed by atoms with Crippen LogP contribution < -0.4 is 0 Å². The average molecular weight is 872 g/mol. The summed E-state index contributed by atoms with van der Waals surface area (Å²) in [6, 6.07) is 42.1. The number of imidazole rings is 1. The number of phenols is 1. The number of nitrogens with zero attached hydrogens (tertiary/aromatic N) is 3. The van der Waals surface area contributed by atoms with Crippen molar-refractivity contribution in [2.75, 3.05) is 0 Å². The van der Waals surface area contributed by atoms with Gasteiger partial charge in [-0.05, 0) is 104 Å². The van der Waals surface area contributed by atoms with Gasteiger partial charge in [-0.1, -0.05) is 109 Å². The molecule has 5 heteroatoms. The van der Waals surface area contributed by atoms with E-state index >= 15 is 0 Å². The van der Waals surface area contributed by atoms with Gasteiger partial charge in [-0.25, -0.2) is 4.98 Å². The maximum atomic E-state index is 11.6. The predicted molar refractivity (Wildman–Crippen MR) is 216 cm³/mol. The maximum Gasteiger partial charge on any atom is 0.148 e. The van der Waals surface area contributed by atoms with Crippen molar-refractivity contribution in [2.45, 2.75) is 54.4 Å². The summed E-state index contributed by atoms with van der Waals surface area (Å²) in [5, 5.41) is 12.6. The molecule has 0 unspecified atom stereocenters. The van der Waals surface area contributed by atoms with Crippen LogP contribution in [0.25, 0.3) is 72.4 Å². The van der Waals surface area contributed by atoms with E-state index in [2.05, 4.69) is 150 Å². The molecule has 0 spiro atoms. The van der Waals surface area contributed by atoms with Crippen molar-refractivity contribution in [1.29, 1.82) is 0 Å². The number of hydrogen-bond donors (Lipinski definition) is 1. The minimum atomic E-state index is 0. The van der Waals surface area contributed by atoms with E-state index in [0.29, 0.717) is 11.4 Å². The Labute approximate surface area is 326 Å². The van der Waals surface area contributed by atoms with Gasteiger partial charge in [0.2, 0.25) is 0 Å². The largest absolute Gasteiger partial charge is 0.507 e. The number of hydrogen-bond acceptors (Lipinski definition) is 3. The molecule has 266 valence electrons. The van der Waals surface area contributed by atoms with Crippen molar-refractivity contribution in [3.63, 3.8) is 0 Å². The molecule has 53 heavy (non-hydrogen) atoms. The van der Waals surface area contributed by atoms with Gasteiger partial charge >= 0.3 is 0 Å². The SMILES string of the molecule is Cc1cc(C)c(-n2c(-c3ccc(C(C)C)cc3O)nc3c(-c4[c-]c(-c5cccc6cccnc56)cc(-c5c(C)cccc5C)c4)cccc32)c(C)c1.[Pt]. The van der Waals surface area contributed by atoms with Crippen LogP contribution in [-0.2, 0) is 21.1 Å². The summed E-state index contributed by atoms with van der Waals surface area (Å²) in [6.07, 6.45) is 1.86. The molecular weight excluding hydrogens is 830 g/mol. The number of aromatic hydroxyl groups is 1. The van der Waals surface area contributed by atoms with Gasteiger partial charge in [0, 0.05) is 32.8 Å². The third-order valence-corrected chi connectivity index (χ3v) is 10.3. The van der Waals surface area contributed by atoms with Crippen LogP contribution >= 0.6 is 0 Å². The molecule has 0 aliphatic rings. The zero-order valence-electron chi connectivity index (χ0n) is 31.2. The Kier molecular flexibility index (Phi) is 9.70. The van der Waals surface area contributed by atoms with E-state index in [4.69, 9.17) is 9.97 Å². The quantitative estimate of drug-likeness (QED) is 0.169. The van der Waals surface area contributed by atoms with Gasteiger partial charge in [-0.15, -0.1) is 29.3 Å². The fourth-order valence-electron chi connectivity index (χ4n) is 7.94. The second kappa shape index (κ2) is 14.3. The molecule has 0 aliphatic carbocycles. The fraction of sp³-hybridized carbons (Fsp3) is 0.167. The molecule has 0 saturated heterocycles. The molecule has 8 aromatic rings. The van der Waals surface area contributed by atoms with Crippen molar-refractivity contribution in [2.24, 2.45) is 0 Å². The molecule has 0 aliphatic heterocycles. The van der Waals surface area contributed by atoms with Crippen LogP contribution in [0.5, 0.6) is 5.75 Å². The first-order valence-electron chi connectivity index (χ1n) is 18.0. The monoisotopic (exact) mass is 871 g/mol. The number of pyridine rings is 1. The molecule has 0 amide bonds. The van der Waals surface area contributed by atoms with Crippen molar-refractivity contribution >= 4 is 21.9 Å². The number of aryl methyl sites for hydroxylation is 5. The number of fused-ring (bicyclic) bond motifs is 2. The topological polar surface area (TPSA) is 50.9 Å². The third kappa shape index (κ3) is 6.40. The Hall–Kier alpha value is -5.31. The van der Waals surface area contributed by atoms with E-state index in [-0.39, 0.29) is 32.7 Å². The summed E-state index contributed by atoms with van der Waals surface area (Å²) in [5.41, 5.74) is 17.8. The number of rotatable bonds is 6. The molecule has 0 atom stereocenters. The van der Waals surface area contributed by atoms with E-state index in [0.717, 1.165) is 72.1 Å². The predicted octanol–water partition coefficient (Wildman–Crippen LogP) is 12.4. The summed E-state index contributed by atoms with van der Waals surface area (Å²) < 4.78 is 2.23. The Morgan fingerprint density at radius 2 is 1.26 bits per heavy atom. The van der Waals surface area contributed by atoms with E-state index < -0.39 is 0 Å². The third-order valence-electron chi connectivity index (χ3n) is 10.3. The van der Waals surface area contributed by atoms with Crippen LogP contribution in [0.4, 0.5) is 0 Å². The minimum Gasteiger partial charge on any atom is -0.507 e. The Balaban J connectivity index is 0.00000435. The van der Waals surface area contributed by atoms with E-state index in [1.807, 2.05) is 24.4 Å². The number of aromatic nitrogens is 3. The Morgan fingerprint density at radius 1 is 0.642 bits per heavy atom. The van der Waals surface area contributed by atoms with E-state index in [9.17, 15) is 5.11 Å². The summed E-state index contributed by atoms with van der Waals surface area (Å²) in [5.74, 6) is 1.22. The molecule has 6 aromatic carbocycles. The van der Waals surface area contributed by atoms with Crippen molar-refractivity contribution in [3.8, 4) is 56.2 Å². The molecule has 0 fully saturated rings. The van der Waals surface area contributed by atoms with Gasteiger partial charge in [0.15, 0.2) is 0 Å². The van der Waals surface area contributed by atoms with Crippen molar-refractivity contribution in [1.82, 2.24) is 14.5 Å². The fourth-order valence-corrected chi connectivity index (χ4v) is 7.94. The molecule has 2 heterocycles.